The van der Waals surface area contributed by atoms with Crippen molar-refractivity contribution in [3.8, 4) is 5.88 Å². The van der Waals surface area contributed by atoms with Gasteiger partial charge in [0.15, 0.2) is 0 Å². The molecule has 94 valence electrons. The number of amides is 1. The van der Waals surface area contributed by atoms with E-state index >= 15 is 0 Å². The molecule has 2 heterocycles. The average molecular weight is 264 g/mol. The van der Waals surface area contributed by atoms with Gasteiger partial charge in [0.1, 0.15) is 17.0 Å². The normalized spacial score (nSPS) is 10.2. The molecule has 0 saturated heterocycles. The van der Waals surface area contributed by atoms with Crippen LogP contribution in [0.15, 0.2) is 12.4 Å². The maximum atomic E-state index is 12.0. The molecule has 18 heavy (non-hydrogen) atoms. The van der Waals surface area contributed by atoms with Crippen LogP contribution in [-0.4, -0.2) is 28.0 Å². The molecule has 2 aromatic heterocycles. The first-order chi connectivity index (χ1) is 8.60. The number of thiazole rings is 1. The van der Waals surface area contributed by atoms with Crippen LogP contribution in [0.25, 0.3) is 0 Å². The van der Waals surface area contributed by atoms with Crippen LogP contribution in [-0.2, 0) is 0 Å². The van der Waals surface area contributed by atoms with Gasteiger partial charge in [0.2, 0.25) is 5.88 Å². The summed E-state index contributed by atoms with van der Waals surface area (Å²) in [5, 5.41) is 3.55. The van der Waals surface area contributed by atoms with E-state index in [0.29, 0.717) is 16.6 Å². The van der Waals surface area contributed by atoms with E-state index in [1.165, 1.54) is 24.8 Å². The Balaban J connectivity index is 2.18. The van der Waals surface area contributed by atoms with Crippen molar-refractivity contribution in [1.82, 2.24) is 15.0 Å². The van der Waals surface area contributed by atoms with Crippen LogP contribution in [0, 0.1) is 13.8 Å². The van der Waals surface area contributed by atoms with E-state index in [1.54, 1.807) is 13.0 Å². The highest BCUT2D eigenvalue weighted by Crippen LogP contribution is 2.19. The first-order valence-corrected chi connectivity index (χ1v) is 6.03. The summed E-state index contributed by atoms with van der Waals surface area (Å²) in [4.78, 5) is 24.6. The molecule has 0 fully saturated rings. The molecule has 2 aromatic rings. The maximum Gasteiger partial charge on any atom is 0.268 e. The summed E-state index contributed by atoms with van der Waals surface area (Å²) in [6.07, 6.45) is 1.33. The van der Waals surface area contributed by atoms with Gasteiger partial charge in [-0.05, 0) is 13.8 Å². The lowest BCUT2D eigenvalue weighted by Crippen LogP contribution is -2.12. The van der Waals surface area contributed by atoms with Crippen molar-refractivity contribution in [3.05, 3.63) is 28.0 Å². The van der Waals surface area contributed by atoms with Gasteiger partial charge in [-0.2, -0.15) is 0 Å². The molecule has 0 aliphatic carbocycles. The monoisotopic (exact) mass is 264 g/mol. The first kappa shape index (κ1) is 12.4. The van der Waals surface area contributed by atoms with Gasteiger partial charge in [-0.15, -0.1) is 11.3 Å². The van der Waals surface area contributed by atoms with E-state index in [9.17, 15) is 4.79 Å². The molecule has 0 saturated carbocycles. The Hall–Kier alpha value is -2.02. The highest BCUT2D eigenvalue weighted by molar-refractivity contribution is 7.13. The number of rotatable bonds is 3. The van der Waals surface area contributed by atoms with Crippen molar-refractivity contribution in [2.24, 2.45) is 0 Å². The molecule has 2 rings (SSSR count). The van der Waals surface area contributed by atoms with Gasteiger partial charge < -0.3 is 10.1 Å². The zero-order chi connectivity index (χ0) is 13.1. The Bertz CT molecular complexity index is 582. The molecule has 0 spiro atoms. The van der Waals surface area contributed by atoms with E-state index in [0.717, 1.165) is 10.7 Å². The molecule has 1 N–H and O–H groups in total. The second kappa shape index (κ2) is 5.09. The van der Waals surface area contributed by atoms with Gasteiger partial charge in [-0.25, -0.2) is 15.0 Å². The quantitative estimate of drug-likeness (QED) is 0.914. The van der Waals surface area contributed by atoms with E-state index in [1.807, 2.05) is 6.92 Å². The molecule has 0 aliphatic heterocycles. The number of ether oxygens (including phenoxy) is 1. The Morgan fingerprint density at radius 1 is 1.39 bits per heavy atom. The Morgan fingerprint density at radius 3 is 2.78 bits per heavy atom. The van der Waals surface area contributed by atoms with Crippen molar-refractivity contribution < 1.29 is 9.53 Å². The molecule has 0 radical (unpaired) electrons. The Kier molecular flexibility index (Phi) is 3.52. The topological polar surface area (TPSA) is 77.0 Å². The second-order valence-electron chi connectivity index (χ2n) is 3.55. The molecular formula is C11H12N4O2S. The lowest BCUT2D eigenvalue weighted by molar-refractivity contribution is 0.102. The second-order valence-corrected chi connectivity index (χ2v) is 4.75. The molecule has 6 nitrogen and oxygen atoms in total. The van der Waals surface area contributed by atoms with E-state index in [-0.39, 0.29) is 5.91 Å². The lowest BCUT2D eigenvalue weighted by atomic mass is 10.3. The Morgan fingerprint density at radius 2 is 2.17 bits per heavy atom. The fraction of sp³-hybridized carbons (Fsp3) is 0.273. The summed E-state index contributed by atoms with van der Waals surface area (Å²) >= 11 is 1.35. The minimum absolute atomic E-state index is 0.223. The lowest BCUT2D eigenvalue weighted by Gasteiger charge is -2.04. The number of aryl methyl sites for hydroxylation is 2. The van der Waals surface area contributed by atoms with Crippen LogP contribution < -0.4 is 10.1 Å². The molecule has 0 atom stereocenters. The summed E-state index contributed by atoms with van der Waals surface area (Å²) in [6.45, 7) is 3.67. The molecule has 1 amide bonds. The zero-order valence-corrected chi connectivity index (χ0v) is 11.0. The fourth-order valence-electron chi connectivity index (χ4n) is 1.43. The highest BCUT2D eigenvalue weighted by atomic mass is 32.1. The van der Waals surface area contributed by atoms with Crippen LogP contribution in [0.3, 0.4) is 0 Å². The molecule has 0 aliphatic rings. The molecule has 7 heteroatoms. The summed E-state index contributed by atoms with van der Waals surface area (Å²) in [7, 11) is 1.50. The number of aromatic nitrogens is 3. The standard InChI is InChI=1S/C11H12N4O2S/c1-6-10(18-7(2)14-6)11(16)15-8-4-9(17-3)13-5-12-8/h4-5H,1-3H3,(H,12,13,15,16). The van der Waals surface area contributed by atoms with E-state index in [4.69, 9.17) is 4.74 Å². The summed E-state index contributed by atoms with van der Waals surface area (Å²) < 4.78 is 4.96. The third-order valence-electron chi connectivity index (χ3n) is 2.20. The van der Waals surface area contributed by atoms with Crippen molar-refractivity contribution in [2.45, 2.75) is 13.8 Å². The molecular weight excluding hydrogens is 252 g/mol. The van der Waals surface area contributed by atoms with Crippen LogP contribution in [0.1, 0.15) is 20.4 Å². The number of hydrogen-bond donors (Lipinski definition) is 1. The fourth-order valence-corrected chi connectivity index (χ4v) is 2.25. The summed E-state index contributed by atoms with van der Waals surface area (Å²) in [5.41, 5.74) is 0.719. The number of carbonyl (C=O) groups excluding carboxylic acids is 1. The third kappa shape index (κ3) is 2.62. The van der Waals surface area contributed by atoms with E-state index in [2.05, 4.69) is 20.3 Å². The number of anilines is 1. The summed E-state index contributed by atoms with van der Waals surface area (Å²) in [6, 6.07) is 1.56. The predicted octanol–water partition coefficient (Wildman–Crippen LogP) is 1.81. The van der Waals surface area contributed by atoms with Crippen LogP contribution >= 0.6 is 11.3 Å². The van der Waals surface area contributed by atoms with Gasteiger partial charge in [-0.1, -0.05) is 0 Å². The number of nitrogens with zero attached hydrogens (tertiary/aromatic N) is 3. The minimum Gasteiger partial charge on any atom is -0.481 e. The number of hydrogen-bond acceptors (Lipinski definition) is 6. The number of methoxy groups -OCH3 is 1. The smallest absolute Gasteiger partial charge is 0.268 e. The molecule has 0 bridgehead atoms. The average Bonchev–Trinajstić information content (AvgIpc) is 2.69. The maximum absolute atomic E-state index is 12.0. The number of nitrogens with one attached hydrogen (secondary N) is 1. The zero-order valence-electron chi connectivity index (χ0n) is 10.2. The van der Waals surface area contributed by atoms with Gasteiger partial charge in [0, 0.05) is 6.07 Å². The largest absolute Gasteiger partial charge is 0.481 e. The minimum atomic E-state index is -0.223. The molecule has 0 unspecified atom stereocenters. The summed E-state index contributed by atoms with van der Waals surface area (Å²) in [5.74, 6) is 0.577. The van der Waals surface area contributed by atoms with Crippen LogP contribution in [0.5, 0.6) is 5.88 Å². The first-order valence-electron chi connectivity index (χ1n) is 5.21. The van der Waals surface area contributed by atoms with Gasteiger partial charge in [0.25, 0.3) is 5.91 Å². The van der Waals surface area contributed by atoms with Crippen molar-refractivity contribution in [2.75, 3.05) is 12.4 Å². The van der Waals surface area contributed by atoms with Gasteiger partial charge in [0.05, 0.1) is 17.8 Å². The molecule has 0 aromatic carbocycles. The third-order valence-corrected chi connectivity index (χ3v) is 3.27. The Labute approximate surface area is 108 Å². The van der Waals surface area contributed by atoms with Gasteiger partial charge in [-0.3, -0.25) is 4.79 Å². The van der Waals surface area contributed by atoms with Gasteiger partial charge >= 0.3 is 0 Å². The van der Waals surface area contributed by atoms with Crippen molar-refractivity contribution >= 4 is 23.1 Å². The number of carbonyl (C=O) groups is 1. The van der Waals surface area contributed by atoms with Crippen molar-refractivity contribution in [3.63, 3.8) is 0 Å². The predicted molar refractivity (Wildman–Crippen MR) is 68.1 cm³/mol. The van der Waals surface area contributed by atoms with Crippen LogP contribution in [0.4, 0.5) is 5.82 Å². The van der Waals surface area contributed by atoms with Crippen LogP contribution in [0.2, 0.25) is 0 Å². The SMILES string of the molecule is COc1cc(NC(=O)c2sc(C)nc2C)ncn1. The highest BCUT2D eigenvalue weighted by Gasteiger charge is 2.14. The van der Waals surface area contributed by atoms with Crippen molar-refractivity contribution in [1.29, 1.82) is 0 Å². The van der Waals surface area contributed by atoms with E-state index < -0.39 is 0 Å².